The molecule has 1 aromatic carbocycles. The van der Waals surface area contributed by atoms with E-state index in [1.54, 1.807) is 0 Å². The molecule has 0 bridgehead atoms. The van der Waals surface area contributed by atoms with Crippen molar-refractivity contribution < 1.29 is 9.47 Å². The number of hydrogen-bond donors (Lipinski definition) is 0. The van der Waals surface area contributed by atoms with Gasteiger partial charge in [-0.15, -0.1) is 0 Å². The van der Waals surface area contributed by atoms with Gasteiger partial charge >= 0.3 is 0 Å². The first-order chi connectivity index (χ1) is 6.45. The van der Waals surface area contributed by atoms with E-state index in [0.29, 0.717) is 6.61 Å². The Hall–Kier alpha value is -0.860. The van der Waals surface area contributed by atoms with Crippen molar-refractivity contribution in [1.29, 1.82) is 0 Å². The average Bonchev–Trinajstić information content (AvgIpc) is 2.69. The van der Waals surface area contributed by atoms with Gasteiger partial charge in [0.1, 0.15) is 0 Å². The van der Waals surface area contributed by atoms with E-state index in [1.807, 2.05) is 18.2 Å². The van der Waals surface area contributed by atoms with E-state index < -0.39 is 0 Å². The fourth-order valence-electron chi connectivity index (χ4n) is 1.44. The highest BCUT2D eigenvalue weighted by Gasteiger charge is 2.15. The zero-order valence-electron chi connectivity index (χ0n) is 7.61. The third kappa shape index (κ3) is 2.54. The van der Waals surface area contributed by atoms with Gasteiger partial charge in [-0.3, -0.25) is 0 Å². The highest BCUT2D eigenvalue weighted by molar-refractivity contribution is 5.13. The van der Waals surface area contributed by atoms with Gasteiger partial charge in [-0.1, -0.05) is 30.3 Å². The van der Waals surface area contributed by atoms with Gasteiger partial charge in [-0.05, 0) is 12.0 Å². The van der Waals surface area contributed by atoms with Crippen LogP contribution in [0.2, 0.25) is 0 Å². The molecule has 70 valence electrons. The van der Waals surface area contributed by atoms with Gasteiger partial charge in [0.2, 0.25) is 0 Å². The molecule has 0 amide bonds. The maximum atomic E-state index is 5.57. The van der Waals surface area contributed by atoms with Crippen LogP contribution >= 0.6 is 0 Å². The molecular formula is C11H14O2. The molecule has 2 rings (SSSR count). The Morgan fingerprint density at radius 2 is 2.15 bits per heavy atom. The predicted molar refractivity (Wildman–Crippen MR) is 50.2 cm³/mol. The molecule has 0 N–H and O–H groups in total. The normalized spacial score (nSPS) is 22.0. The summed E-state index contributed by atoms with van der Waals surface area (Å²) in [5.41, 5.74) is 1.21. The molecule has 13 heavy (non-hydrogen) atoms. The Balaban J connectivity index is 1.79. The van der Waals surface area contributed by atoms with E-state index in [1.165, 1.54) is 5.56 Å². The fourth-order valence-corrected chi connectivity index (χ4v) is 1.44. The average molecular weight is 178 g/mol. The Bertz CT molecular complexity index is 240. The standard InChI is InChI=1S/C11H14O2/c1-2-5-10(6-3-1)9-13-11-7-4-8-12-11/h1-3,5-6,11H,4,7-9H2/t11-/m1/s1. The van der Waals surface area contributed by atoms with Gasteiger partial charge in [-0.25, -0.2) is 0 Å². The highest BCUT2D eigenvalue weighted by atomic mass is 16.7. The quantitative estimate of drug-likeness (QED) is 0.707. The first-order valence-corrected chi connectivity index (χ1v) is 4.72. The molecule has 2 nitrogen and oxygen atoms in total. The second-order valence-electron chi connectivity index (χ2n) is 3.24. The lowest BCUT2D eigenvalue weighted by Crippen LogP contribution is -2.09. The van der Waals surface area contributed by atoms with Gasteiger partial charge in [-0.2, -0.15) is 0 Å². The summed E-state index contributed by atoms with van der Waals surface area (Å²) in [6.45, 7) is 1.50. The SMILES string of the molecule is c1ccc(CO[C@@H]2CCCO2)cc1. The van der Waals surface area contributed by atoms with Gasteiger partial charge in [0.25, 0.3) is 0 Å². The second-order valence-corrected chi connectivity index (χ2v) is 3.24. The monoisotopic (exact) mass is 178 g/mol. The molecule has 0 radical (unpaired) electrons. The van der Waals surface area contributed by atoms with Crippen LogP contribution in [0.15, 0.2) is 30.3 Å². The summed E-state index contributed by atoms with van der Waals surface area (Å²) in [5, 5.41) is 0. The first-order valence-electron chi connectivity index (χ1n) is 4.72. The Morgan fingerprint density at radius 1 is 1.31 bits per heavy atom. The minimum atomic E-state index is 0.0280. The van der Waals surface area contributed by atoms with Crippen molar-refractivity contribution in [1.82, 2.24) is 0 Å². The number of ether oxygens (including phenoxy) is 2. The number of benzene rings is 1. The van der Waals surface area contributed by atoms with Crippen molar-refractivity contribution in [2.75, 3.05) is 6.61 Å². The van der Waals surface area contributed by atoms with Gasteiger partial charge in [0.15, 0.2) is 6.29 Å². The van der Waals surface area contributed by atoms with E-state index >= 15 is 0 Å². The Morgan fingerprint density at radius 3 is 2.85 bits per heavy atom. The topological polar surface area (TPSA) is 18.5 Å². The molecule has 1 aromatic rings. The molecule has 0 unspecified atom stereocenters. The van der Waals surface area contributed by atoms with Crippen molar-refractivity contribution in [3.05, 3.63) is 35.9 Å². The van der Waals surface area contributed by atoms with Crippen molar-refractivity contribution in [3.8, 4) is 0 Å². The molecule has 1 saturated heterocycles. The summed E-state index contributed by atoms with van der Waals surface area (Å²) in [7, 11) is 0. The van der Waals surface area contributed by atoms with E-state index in [9.17, 15) is 0 Å². The molecule has 0 saturated carbocycles. The van der Waals surface area contributed by atoms with Crippen LogP contribution in [0.4, 0.5) is 0 Å². The third-order valence-electron chi connectivity index (χ3n) is 2.17. The zero-order valence-corrected chi connectivity index (χ0v) is 7.61. The fraction of sp³-hybridized carbons (Fsp3) is 0.455. The second kappa shape index (κ2) is 4.40. The van der Waals surface area contributed by atoms with E-state index in [0.717, 1.165) is 19.4 Å². The van der Waals surface area contributed by atoms with Crippen molar-refractivity contribution >= 4 is 0 Å². The van der Waals surface area contributed by atoms with E-state index in [-0.39, 0.29) is 6.29 Å². The van der Waals surface area contributed by atoms with Gasteiger partial charge in [0.05, 0.1) is 6.61 Å². The molecule has 0 aliphatic carbocycles. The molecular weight excluding hydrogens is 164 g/mol. The lowest BCUT2D eigenvalue weighted by atomic mass is 10.2. The van der Waals surface area contributed by atoms with Crippen LogP contribution < -0.4 is 0 Å². The van der Waals surface area contributed by atoms with E-state index in [2.05, 4.69) is 12.1 Å². The summed E-state index contributed by atoms with van der Waals surface area (Å²) in [4.78, 5) is 0. The summed E-state index contributed by atoms with van der Waals surface area (Å²) in [5.74, 6) is 0. The summed E-state index contributed by atoms with van der Waals surface area (Å²) in [6, 6.07) is 10.2. The lowest BCUT2D eigenvalue weighted by Gasteiger charge is -2.10. The van der Waals surface area contributed by atoms with Crippen LogP contribution in [0.25, 0.3) is 0 Å². The zero-order chi connectivity index (χ0) is 8.93. The first kappa shape index (κ1) is 8.73. The summed E-state index contributed by atoms with van der Waals surface area (Å²) >= 11 is 0. The smallest absolute Gasteiger partial charge is 0.158 e. The van der Waals surface area contributed by atoms with Crippen LogP contribution in [0.3, 0.4) is 0 Å². The number of hydrogen-bond acceptors (Lipinski definition) is 2. The van der Waals surface area contributed by atoms with Crippen LogP contribution in [0.5, 0.6) is 0 Å². The van der Waals surface area contributed by atoms with Gasteiger partial charge < -0.3 is 9.47 Å². The minimum absolute atomic E-state index is 0.0280. The van der Waals surface area contributed by atoms with Gasteiger partial charge in [0, 0.05) is 13.0 Å². The molecule has 0 aromatic heterocycles. The molecule has 1 heterocycles. The molecule has 1 atom stereocenters. The van der Waals surface area contributed by atoms with Crippen LogP contribution in [-0.4, -0.2) is 12.9 Å². The summed E-state index contributed by atoms with van der Waals surface area (Å²) in [6.07, 6.45) is 2.19. The minimum Gasteiger partial charge on any atom is -0.353 e. The molecule has 2 heteroatoms. The third-order valence-corrected chi connectivity index (χ3v) is 2.17. The molecule has 1 aliphatic heterocycles. The van der Waals surface area contributed by atoms with Crippen molar-refractivity contribution in [2.45, 2.75) is 25.7 Å². The molecule has 1 fully saturated rings. The van der Waals surface area contributed by atoms with Crippen molar-refractivity contribution in [3.63, 3.8) is 0 Å². The van der Waals surface area contributed by atoms with Crippen LogP contribution in [-0.2, 0) is 16.1 Å². The number of rotatable bonds is 3. The molecule has 1 aliphatic rings. The Labute approximate surface area is 78.5 Å². The highest BCUT2D eigenvalue weighted by Crippen LogP contribution is 2.14. The maximum Gasteiger partial charge on any atom is 0.158 e. The Kier molecular flexibility index (Phi) is 2.95. The van der Waals surface area contributed by atoms with Crippen LogP contribution in [0, 0.1) is 0 Å². The summed E-state index contributed by atoms with van der Waals surface area (Å²) < 4.78 is 10.9. The molecule has 0 spiro atoms. The van der Waals surface area contributed by atoms with Crippen LogP contribution in [0.1, 0.15) is 18.4 Å². The maximum absolute atomic E-state index is 5.57. The van der Waals surface area contributed by atoms with E-state index in [4.69, 9.17) is 9.47 Å². The lowest BCUT2D eigenvalue weighted by molar-refractivity contribution is -0.118. The largest absolute Gasteiger partial charge is 0.353 e. The van der Waals surface area contributed by atoms with Crippen molar-refractivity contribution in [2.24, 2.45) is 0 Å². The predicted octanol–water partition coefficient (Wildman–Crippen LogP) is 2.34.